The summed E-state index contributed by atoms with van der Waals surface area (Å²) in [6.07, 6.45) is 3.21. The lowest BCUT2D eigenvalue weighted by Gasteiger charge is -2.11. The molecule has 6 N–H and O–H groups in total. The van der Waals surface area contributed by atoms with Crippen LogP contribution in [0.5, 0.6) is 0 Å². The van der Waals surface area contributed by atoms with Crippen molar-refractivity contribution in [3.05, 3.63) is 36.0 Å². The first-order chi connectivity index (χ1) is 9.22. The fourth-order valence-electron chi connectivity index (χ4n) is 2.07. The van der Waals surface area contributed by atoms with Gasteiger partial charge in [-0.3, -0.25) is 4.79 Å². The first-order valence-corrected chi connectivity index (χ1v) is 6.50. The molecule has 0 aliphatic carbocycles. The van der Waals surface area contributed by atoms with Gasteiger partial charge in [-0.25, -0.2) is 0 Å². The van der Waals surface area contributed by atoms with Crippen LogP contribution in [0, 0.1) is 0 Å². The zero-order valence-corrected chi connectivity index (χ0v) is 10.9. The van der Waals surface area contributed by atoms with Crippen LogP contribution in [-0.2, 0) is 11.2 Å². The molecule has 0 saturated carbocycles. The second-order valence-corrected chi connectivity index (χ2v) is 4.60. The van der Waals surface area contributed by atoms with Gasteiger partial charge >= 0.3 is 0 Å². The number of fused-ring (bicyclic) bond motifs is 1. The maximum absolute atomic E-state index is 11.8. The van der Waals surface area contributed by atoms with Gasteiger partial charge in [0.1, 0.15) is 0 Å². The number of para-hydroxylation sites is 1. The van der Waals surface area contributed by atoms with Crippen molar-refractivity contribution in [2.24, 2.45) is 11.5 Å². The van der Waals surface area contributed by atoms with Crippen LogP contribution in [0.25, 0.3) is 10.9 Å². The predicted octanol–water partition coefficient (Wildman–Crippen LogP) is 0.503. The summed E-state index contributed by atoms with van der Waals surface area (Å²) in [7, 11) is 0. The molecule has 1 atom stereocenters. The Hall–Kier alpha value is -1.85. The number of aromatic nitrogens is 1. The van der Waals surface area contributed by atoms with Crippen molar-refractivity contribution >= 4 is 16.8 Å². The predicted molar refractivity (Wildman–Crippen MR) is 76.7 cm³/mol. The van der Waals surface area contributed by atoms with Crippen molar-refractivity contribution in [2.45, 2.75) is 18.9 Å². The van der Waals surface area contributed by atoms with Gasteiger partial charge in [-0.15, -0.1) is 0 Å². The molecule has 1 aromatic carbocycles. The molecule has 2 aromatic rings. The topological polar surface area (TPSA) is 96.9 Å². The van der Waals surface area contributed by atoms with Crippen molar-refractivity contribution in [3.63, 3.8) is 0 Å². The molecule has 0 unspecified atom stereocenters. The Morgan fingerprint density at radius 2 is 2.16 bits per heavy atom. The van der Waals surface area contributed by atoms with Gasteiger partial charge < -0.3 is 21.8 Å². The van der Waals surface area contributed by atoms with E-state index in [0.717, 1.165) is 22.9 Å². The monoisotopic (exact) mass is 260 g/mol. The van der Waals surface area contributed by atoms with E-state index in [1.807, 2.05) is 30.5 Å². The zero-order valence-electron chi connectivity index (χ0n) is 10.9. The fourth-order valence-corrected chi connectivity index (χ4v) is 2.07. The molecule has 5 nitrogen and oxygen atoms in total. The lowest BCUT2D eigenvalue weighted by atomic mass is 10.1. The molecule has 102 valence electrons. The molecule has 0 saturated heterocycles. The summed E-state index contributed by atoms with van der Waals surface area (Å²) in [6, 6.07) is 7.46. The van der Waals surface area contributed by atoms with Crippen molar-refractivity contribution in [3.8, 4) is 0 Å². The minimum Gasteiger partial charge on any atom is -0.361 e. The van der Waals surface area contributed by atoms with Gasteiger partial charge in [0.15, 0.2) is 0 Å². The number of nitrogens with two attached hydrogens (primary N) is 2. The fraction of sp³-hybridized carbons (Fsp3) is 0.357. The Balaban J connectivity index is 1.98. The number of hydrogen-bond acceptors (Lipinski definition) is 3. The van der Waals surface area contributed by atoms with Gasteiger partial charge in [0.25, 0.3) is 0 Å². The van der Waals surface area contributed by atoms with Gasteiger partial charge in [-0.1, -0.05) is 18.2 Å². The Morgan fingerprint density at radius 1 is 1.37 bits per heavy atom. The van der Waals surface area contributed by atoms with Gasteiger partial charge in [0.2, 0.25) is 5.91 Å². The standard InChI is InChI=1S/C14H20N4O/c15-6-3-7-17-14(19)12(16)8-10-9-18-13-5-2-1-4-11(10)13/h1-2,4-5,9,12,18H,3,6-8,15-16H2,(H,17,19)/t12-/m1/s1. The molecule has 1 amide bonds. The Bertz CT molecular complexity index is 549. The largest absolute Gasteiger partial charge is 0.361 e. The van der Waals surface area contributed by atoms with E-state index in [9.17, 15) is 4.79 Å². The number of benzene rings is 1. The highest BCUT2D eigenvalue weighted by Gasteiger charge is 2.15. The third-order valence-corrected chi connectivity index (χ3v) is 3.13. The number of aromatic amines is 1. The van der Waals surface area contributed by atoms with Gasteiger partial charge in [0.05, 0.1) is 6.04 Å². The summed E-state index contributed by atoms with van der Waals surface area (Å²) in [6.45, 7) is 1.15. The van der Waals surface area contributed by atoms with Crippen molar-refractivity contribution in [2.75, 3.05) is 13.1 Å². The molecule has 2 rings (SSSR count). The molecule has 19 heavy (non-hydrogen) atoms. The normalized spacial score (nSPS) is 12.5. The van der Waals surface area contributed by atoms with E-state index in [1.165, 1.54) is 0 Å². The lowest BCUT2D eigenvalue weighted by Crippen LogP contribution is -2.42. The Kier molecular flexibility index (Phi) is 4.54. The molecule has 5 heteroatoms. The lowest BCUT2D eigenvalue weighted by molar-refractivity contribution is -0.122. The van der Waals surface area contributed by atoms with Crippen LogP contribution in [0.3, 0.4) is 0 Å². The average Bonchev–Trinajstić information content (AvgIpc) is 2.82. The SMILES string of the molecule is NCCCNC(=O)[C@H](N)Cc1c[nH]c2ccccc12. The molecule has 0 fully saturated rings. The number of carbonyl (C=O) groups is 1. The van der Waals surface area contributed by atoms with Crippen LogP contribution in [0.4, 0.5) is 0 Å². The number of rotatable bonds is 6. The molecule has 1 heterocycles. The number of hydrogen-bond donors (Lipinski definition) is 4. The van der Waals surface area contributed by atoms with Crippen molar-refractivity contribution < 1.29 is 4.79 Å². The highest BCUT2D eigenvalue weighted by atomic mass is 16.2. The maximum Gasteiger partial charge on any atom is 0.237 e. The summed E-state index contributed by atoms with van der Waals surface area (Å²) in [5.41, 5.74) is 13.4. The van der Waals surface area contributed by atoms with Crippen LogP contribution < -0.4 is 16.8 Å². The van der Waals surface area contributed by atoms with E-state index in [0.29, 0.717) is 19.5 Å². The highest BCUT2D eigenvalue weighted by Crippen LogP contribution is 2.18. The molecule has 0 aliphatic rings. The Morgan fingerprint density at radius 3 is 2.95 bits per heavy atom. The van der Waals surface area contributed by atoms with Crippen LogP contribution in [-0.4, -0.2) is 30.0 Å². The molecule has 0 bridgehead atoms. The van der Waals surface area contributed by atoms with E-state index < -0.39 is 6.04 Å². The van der Waals surface area contributed by atoms with Crippen molar-refractivity contribution in [1.29, 1.82) is 0 Å². The third-order valence-electron chi connectivity index (χ3n) is 3.13. The van der Waals surface area contributed by atoms with E-state index in [4.69, 9.17) is 11.5 Å². The second-order valence-electron chi connectivity index (χ2n) is 4.60. The zero-order chi connectivity index (χ0) is 13.7. The van der Waals surface area contributed by atoms with E-state index in [2.05, 4.69) is 10.3 Å². The second kappa shape index (κ2) is 6.36. The van der Waals surface area contributed by atoms with Gasteiger partial charge in [0, 0.05) is 23.6 Å². The molecule has 0 aliphatic heterocycles. The summed E-state index contributed by atoms with van der Waals surface area (Å²) in [5, 5.41) is 3.91. The number of nitrogens with one attached hydrogen (secondary N) is 2. The van der Waals surface area contributed by atoms with E-state index >= 15 is 0 Å². The highest BCUT2D eigenvalue weighted by molar-refractivity contribution is 5.86. The van der Waals surface area contributed by atoms with Crippen LogP contribution in [0.2, 0.25) is 0 Å². The summed E-state index contributed by atoms with van der Waals surface area (Å²) in [4.78, 5) is 15.0. The van der Waals surface area contributed by atoms with E-state index in [-0.39, 0.29) is 5.91 Å². The summed E-state index contributed by atoms with van der Waals surface area (Å²) in [5.74, 6) is -0.126. The minimum absolute atomic E-state index is 0.126. The summed E-state index contributed by atoms with van der Waals surface area (Å²) >= 11 is 0. The number of carbonyl (C=O) groups excluding carboxylic acids is 1. The first-order valence-electron chi connectivity index (χ1n) is 6.50. The maximum atomic E-state index is 11.8. The molecular formula is C14H20N4O. The average molecular weight is 260 g/mol. The van der Waals surface area contributed by atoms with Crippen LogP contribution >= 0.6 is 0 Å². The smallest absolute Gasteiger partial charge is 0.237 e. The number of amides is 1. The van der Waals surface area contributed by atoms with Crippen LogP contribution in [0.1, 0.15) is 12.0 Å². The molecule has 1 aromatic heterocycles. The van der Waals surface area contributed by atoms with Crippen LogP contribution in [0.15, 0.2) is 30.5 Å². The first kappa shape index (κ1) is 13.6. The quantitative estimate of drug-likeness (QED) is 0.569. The third kappa shape index (κ3) is 3.33. The number of H-pyrrole nitrogens is 1. The van der Waals surface area contributed by atoms with Gasteiger partial charge in [-0.05, 0) is 31.0 Å². The molecule has 0 spiro atoms. The van der Waals surface area contributed by atoms with Crippen molar-refractivity contribution in [1.82, 2.24) is 10.3 Å². The molecule has 0 radical (unpaired) electrons. The van der Waals surface area contributed by atoms with Gasteiger partial charge in [-0.2, -0.15) is 0 Å². The minimum atomic E-state index is -0.531. The van der Waals surface area contributed by atoms with E-state index in [1.54, 1.807) is 0 Å². The summed E-state index contributed by atoms with van der Waals surface area (Å²) < 4.78 is 0. The Labute approximate surface area is 112 Å². The molecular weight excluding hydrogens is 240 g/mol.